The minimum Gasteiger partial charge on any atom is -0.350 e. The van der Waals surface area contributed by atoms with Crippen LogP contribution < -0.4 is 5.32 Å². The predicted molar refractivity (Wildman–Crippen MR) is 119 cm³/mol. The lowest BCUT2D eigenvalue weighted by Crippen LogP contribution is -2.30. The molecule has 0 unspecified atom stereocenters. The van der Waals surface area contributed by atoms with E-state index in [1.165, 1.54) is 5.56 Å². The first-order valence-electron chi connectivity index (χ1n) is 10.3. The number of H-pyrrole nitrogens is 1. The first-order chi connectivity index (χ1) is 14.0. The molecule has 3 aromatic rings. The minimum atomic E-state index is -0.0681. The number of hydrogen-bond donors (Lipinski definition) is 2. The Hall–Kier alpha value is -2.92. The molecule has 2 aromatic carbocycles. The molecule has 0 fully saturated rings. The van der Waals surface area contributed by atoms with E-state index in [0.717, 1.165) is 42.1 Å². The molecule has 152 valence electrons. The summed E-state index contributed by atoms with van der Waals surface area (Å²) < 4.78 is 0. The number of rotatable bonds is 8. The van der Waals surface area contributed by atoms with E-state index in [0.29, 0.717) is 5.56 Å². The molecule has 0 bridgehead atoms. The van der Waals surface area contributed by atoms with Crippen molar-refractivity contribution in [2.75, 3.05) is 13.1 Å². The largest absolute Gasteiger partial charge is 0.350 e. The van der Waals surface area contributed by atoms with E-state index in [2.05, 4.69) is 58.5 Å². The number of aromatic amines is 1. The lowest BCUT2D eigenvalue weighted by Gasteiger charge is -2.17. The highest BCUT2D eigenvalue weighted by Crippen LogP contribution is 2.25. The maximum atomic E-state index is 12.3. The van der Waals surface area contributed by atoms with Crippen molar-refractivity contribution in [1.29, 1.82) is 0 Å². The van der Waals surface area contributed by atoms with Crippen LogP contribution in [-0.2, 0) is 6.54 Å². The molecule has 3 rings (SSSR count). The molecule has 1 heterocycles. The van der Waals surface area contributed by atoms with Crippen molar-refractivity contribution >= 4 is 5.91 Å². The summed E-state index contributed by atoms with van der Waals surface area (Å²) in [6, 6.07) is 18.3. The highest BCUT2D eigenvalue weighted by atomic mass is 16.1. The van der Waals surface area contributed by atoms with E-state index in [4.69, 9.17) is 0 Å². The highest BCUT2D eigenvalue weighted by Gasteiger charge is 2.11. The highest BCUT2D eigenvalue weighted by molar-refractivity contribution is 5.95. The molecule has 0 aliphatic rings. The van der Waals surface area contributed by atoms with Crippen LogP contribution in [0.3, 0.4) is 0 Å². The Balaban J connectivity index is 1.76. The summed E-state index contributed by atoms with van der Waals surface area (Å²) in [7, 11) is 0. The van der Waals surface area contributed by atoms with E-state index in [1.807, 2.05) is 44.2 Å². The summed E-state index contributed by atoms with van der Waals surface area (Å²) in [5.41, 5.74) is 5.75. The first-order valence-corrected chi connectivity index (χ1v) is 10.3. The van der Waals surface area contributed by atoms with E-state index in [9.17, 15) is 4.79 Å². The third kappa shape index (κ3) is 5.33. The molecule has 5 heteroatoms. The van der Waals surface area contributed by atoms with Crippen LogP contribution in [0.15, 0.2) is 54.6 Å². The maximum absolute atomic E-state index is 12.3. The summed E-state index contributed by atoms with van der Waals surface area (Å²) >= 11 is 0. The van der Waals surface area contributed by atoms with Crippen molar-refractivity contribution in [2.24, 2.45) is 0 Å². The Morgan fingerprint density at radius 3 is 2.41 bits per heavy atom. The smallest absolute Gasteiger partial charge is 0.251 e. The van der Waals surface area contributed by atoms with Crippen LogP contribution >= 0.6 is 0 Å². The molecule has 0 aliphatic carbocycles. The normalized spacial score (nSPS) is 11.2. The molecular formula is C24H30N4O. The quantitative estimate of drug-likeness (QED) is 0.585. The van der Waals surface area contributed by atoms with Crippen molar-refractivity contribution in [2.45, 2.75) is 40.3 Å². The van der Waals surface area contributed by atoms with Crippen molar-refractivity contribution in [3.63, 3.8) is 0 Å². The van der Waals surface area contributed by atoms with Gasteiger partial charge in [0.25, 0.3) is 5.91 Å². The molecule has 0 radical (unpaired) electrons. The van der Waals surface area contributed by atoms with Gasteiger partial charge in [-0.25, -0.2) is 0 Å². The second kappa shape index (κ2) is 9.52. The first kappa shape index (κ1) is 20.8. The number of aromatic nitrogens is 2. The number of benzene rings is 2. The van der Waals surface area contributed by atoms with Gasteiger partial charge in [0.15, 0.2) is 0 Å². The molecule has 5 nitrogen and oxygen atoms in total. The lowest BCUT2D eigenvalue weighted by molar-refractivity contribution is 0.0943. The second-order valence-corrected chi connectivity index (χ2v) is 7.53. The third-order valence-electron chi connectivity index (χ3n) is 4.98. The van der Waals surface area contributed by atoms with Crippen LogP contribution in [0, 0.1) is 0 Å². The number of amides is 1. The van der Waals surface area contributed by atoms with Gasteiger partial charge in [-0.05, 0) is 56.3 Å². The molecule has 0 atom stereocenters. The Bertz CT molecular complexity index is 940. The predicted octanol–water partition coefficient (Wildman–Crippen LogP) is 4.72. The zero-order valence-electron chi connectivity index (χ0n) is 17.7. The number of nitrogens with zero attached hydrogens (tertiary/aromatic N) is 2. The zero-order chi connectivity index (χ0) is 20.8. The van der Waals surface area contributed by atoms with Gasteiger partial charge < -0.3 is 5.32 Å². The van der Waals surface area contributed by atoms with Crippen LogP contribution in [0.5, 0.6) is 0 Å². The lowest BCUT2D eigenvalue weighted by atomic mass is 10.1. The zero-order valence-corrected chi connectivity index (χ0v) is 17.7. The average molecular weight is 391 g/mol. The molecule has 1 amide bonds. The summed E-state index contributed by atoms with van der Waals surface area (Å²) in [4.78, 5) is 14.7. The van der Waals surface area contributed by atoms with Crippen LogP contribution in [0.25, 0.3) is 22.5 Å². The van der Waals surface area contributed by atoms with Crippen molar-refractivity contribution in [3.05, 3.63) is 65.7 Å². The van der Waals surface area contributed by atoms with Crippen molar-refractivity contribution < 1.29 is 4.79 Å². The Labute approximate surface area is 173 Å². The minimum absolute atomic E-state index is 0.0681. The molecular weight excluding hydrogens is 360 g/mol. The summed E-state index contributed by atoms with van der Waals surface area (Å²) in [6.07, 6.45) is 0. The topological polar surface area (TPSA) is 61.0 Å². The van der Waals surface area contributed by atoms with Gasteiger partial charge >= 0.3 is 0 Å². The van der Waals surface area contributed by atoms with E-state index in [1.54, 1.807) is 0 Å². The van der Waals surface area contributed by atoms with E-state index < -0.39 is 0 Å². The van der Waals surface area contributed by atoms with Gasteiger partial charge in [0.2, 0.25) is 0 Å². The van der Waals surface area contributed by atoms with Gasteiger partial charge in [0.05, 0.1) is 11.4 Å². The Kier molecular flexibility index (Phi) is 6.83. The number of hydrogen-bond acceptors (Lipinski definition) is 3. The molecule has 1 aromatic heterocycles. The fourth-order valence-corrected chi connectivity index (χ4v) is 3.28. The fraction of sp³-hybridized carbons (Fsp3) is 0.333. The molecule has 0 saturated heterocycles. The van der Waals surface area contributed by atoms with Gasteiger partial charge in [0.1, 0.15) is 0 Å². The molecule has 2 N–H and O–H groups in total. The Morgan fingerprint density at radius 2 is 1.76 bits per heavy atom. The summed E-state index contributed by atoms with van der Waals surface area (Å²) in [5.74, 6) is -0.0681. The molecule has 0 saturated carbocycles. The fourth-order valence-electron chi connectivity index (χ4n) is 3.28. The summed E-state index contributed by atoms with van der Waals surface area (Å²) in [5, 5.41) is 10.5. The second-order valence-electron chi connectivity index (χ2n) is 7.53. The molecule has 0 aliphatic heterocycles. The van der Waals surface area contributed by atoms with Gasteiger partial charge in [-0.1, -0.05) is 50.2 Å². The molecule has 29 heavy (non-hydrogen) atoms. The average Bonchev–Trinajstić information content (AvgIpc) is 3.22. The SMILES string of the molecule is CCN(CC)Cc1ccc(-c2cc(-c3cccc(C(=O)NC(C)C)c3)n[nH]2)cc1. The monoisotopic (exact) mass is 390 g/mol. The van der Waals surface area contributed by atoms with Gasteiger partial charge in [-0.15, -0.1) is 0 Å². The Morgan fingerprint density at radius 1 is 1.03 bits per heavy atom. The van der Waals surface area contributed by atoms with Crippen molar-refractivity contribution in [1.82, 2.24) is 20.4 Å². The van der Waals surface area contributed by atoms with E-state index in [-0.39, 0.29) is 11.9 Å². The van der Waals surface area contributed by atoms with Crippen LogP contribution in [-0.4, -0.2) is 40.1 Å². The maximum Gasteiger partial charge on any atom is 0.251 e. The number of carbonyl (C=O) groups excluding carboxylic acids is 1. The van der Waals surface area contributed by atoms with Crippen molar-refractivity contribution in [3.8, 4) is 22.5 Å². The standard InChI is InChI=1S/C24H30N4O/c1-5-28(6-2)16-18-10-12-19(13-11-18)22-15-23(27-26-22)20-8-7-9-21(14-20)24(29)25-17(3)4/h7-15,17H,5-6,16H2,1-4H3,(H,25,29)(H,26,27). The third-order valence-corrected chi connectivity index (χ3v) is 4.98. The van der Waals surface area contributed by atoms with Gasteiger partial charge in [-0.2, -0.15) is 5.10 Å². The summed E-state index contributed by atoms with van der Waals surface area (Å²) in [6.45, 7) is 11.3. The van der Waals surface area contributed by atoms with Crippen LogP contribution in [0.2, 0.25) is 0 Å². The number of carbonyl (C=O) groups is 1. The van der Waals surface area contributed by atoms with E-state index >= 15 is 0 Å². The van der Waals surface area contributed by atoms with Gasteiger partial charge in [0, 0.05) is 23.7 Å². The number of nitrogens with one attached hydrogen (secondary N) is 2. The van der Waals surface area contributed by atoms with Crippen LogP contribution in [0.1, 0.15) is 43.6 Å². The van der Waals surface area contributed by atoms with Gasteiger partial charge in [-0.3, -0.25) is 14.8 Å². The molecule has 0 spiro atoms. The van der Waals surface area contributed by atoms with Crippen LogP contribution in [0.4, 0.5) is 0 Å².